The van der Waals surface area contributed by atoms with Crippen molar-refractivity contribution < 1.29 is 9.13 Å². The maximum atomic E-state index is 13.4. The molecule has 1 N–H and O–H groups in total. The molecule has 0 spiro atoms. The van der Waals surface area contributed by atoms with Gasteiger partial charge in [-0.25, -0.2) is 4.39 Å². The van der Waals surface area contributed by atoms with Gasteiger partial charge in [-0.3, -0.25) is 0 Å². The summed E-state index contributed by atoms with van der Waals surface area (Å²) in [6, 6.07) is 4.81. The molecular weight excluding hydrogens is 233 g/mol. The third-order valence-corrected chi connectivity index (χ3v) is 3.04. The van der Waals surface area contributed by atoms with Crippen LogP contribution in [0.5, 0.6) is 5.75 Å². The lowest BCUT2D eigenvalue weighted by molar-refractivity contribution is 0.386. The van der Waals surface area contributed by atoms with Gasteiger partial charge in [0.2, 0.25) is 0 Å². The lowest BCUT2D eigenvalue weighted by Gasteiger charge is -2.03. The summed E-state index contributed by atoms with van der Waals surface area (Å²) < 4.78 is 18.9. The van der Waals surface area contributed by atoms with E-state index in [1.165, 1.54) is 24.5 Å². The first-order chi connectivity index (χ1) is 7.20. The average molecular weight is 241 g/mol. The summed E-state index contributed by atoms with van der Waals surface area (Å²) in [5, 5.41) is 1.86. The van der Waals surface area contributed by atoms with Crippen LogP contribution in [0.15, 0.2) is 23.6 Å². The predicted octanol–water partition coefficient (Wildman–Crippen LogP) is 3.62. The van der Waals surface area contributed by atoms with Crippen LogP contribution in [-0.2, 0) is 0 Å². The molecule has 0 unspecified atom stereocenters. The van der Waals surface area contributed by atoms with Gasteiger partial charge in [0.25, 0.3) is 0 Å². The molecule has 2 nitrogen and oxygen atoms in total. The van der Waals surface area contributed by atoms with Crippen molar-refractivity contribution in [1.29, 1.82) is 0 Å². The molecule has 0 radical (unpaired) electrons. The van der Waals surface area contributed by atoms with Crippen LogP contribution in [0.2, 0.25) is 0 Å². The van der Waals surface area contributed by atoms with Crippen molar-refractivity contribution in [1.82, 2.24) is 4.98 Å². The Hall–Kier alpha value is -1.20. The minimum absolute atomic E-state index is 0.243. The molecule has 0 aliphatic heterocycles. The summed E-state index contributed by atoms with van der Waals surface area (Å²) in [6.07, 6.45) is 0. The summed E-state index contributed by atoms with van der Waals surface area (Å²) >= 11 is 6.38. The van der Waals surface area contributed by atoms with Gasteiger partial charge in [-0.15, -0.1) is 11.3 Å². The zero-order chi connectivity index (χ0) is 10.8. The smallest absolute Gasteiger partial charge is 0.165 e. The molecule has 2 aromatic rings. The number of thiazole rings is 1. The number of benzene rings is 1. The summed E-state index contributed by atoms with van der Waals surface area (Å²) in [4.78, 5) is 2.98. The van der Waals surface area contributed by atoms with E-state index in [4.69, 9.17) is 17.0 Å². The molecule has 0 bridgehead atoms. The normalized spacial score (nSPS) is 10.3. The fourth-order valence-corrected chi connectivity index (χ4v) is 2.10. The molecule has 1 aromatic carbocycles. The molecule has 2 rings (SSSR count). The first-order valence-electron chi connectivity index (χ1n) is 4.22. The Morgan fingerprint density at radius 2 is 2.27 bits per heavy atom. The van der Waals surface area contributed by atoms with Gasteiger partial charge in [0.05, 0.1) is 12.8 Å². The standard InChI is InChI=1S/C10H8FNOS2/c1-13-9-3-2-6(4-7(9)11)8-5-15-10(14)12-8/h2-5H,1H3,(H,12,14). The van der Waals surface area contributed by atoms with Crippen LogP contribution in [0, 0.1) is 9.77 Å². The molecule has 0 aliphatic rings. The topological polar surface area (TPSA) is 25.0 Å². The van der Waals surface area contributed by atoms with Crippen molar-refractivity contribution in [2.45, 2.75) is 0 Å². The van der Waals surface area contributed by atoms with Gasteiger partial charge in [0.15, 0.2) is 15.5 Å². The van der Waals surface area contributed by atoms with Crippen LogP contribution >= 0.6 is 23.6 Å². The molecule has 0 aliphatic carbocycles. The molecule has 0 saturated carbocycles. The van der Waals surface area contributed by atoms with Gasteiger partial charge in [-0.2, -0.15) is 0 Å². The third-order valence-electron chi connectivity index (χ3n) is 1.98. The second kappa shape index (κ2) is 4.12. The summed E-state index contributed by atoms with van der Waals surface area (Å²) in [5.74, 6) is -0.131. The number of aromatic amines is 1. The fraction of sp³-hybridized carbons (Fsp3) is 0.100. The van der Waals surface area contributed by atoms with Crippen molar-refractivity contribution in [2.75, 3.05) is 7.11 Å². The van der Waals surface area contributed by atoms with Gasteiger partial charge in [-0.05, 0) is 30.4 Å². The van der Waals surface area contributed by atoms with E-state index in [-0.39, 0.29) is 11.6 Å². The zero-order valence-electron chi connectivity index (χ0n) is 7.91. The van der Waals surface area contributed by atoms with Crippen LogP contribution in [-0.4, -0.2) is 12.1 Å². The highest BCUT2D eigenvalue weighted by Gasteiger charge is 2.05. The lowest BCUT2D eigenvalue weighted by atomic mass is 10.1. The minimum atomic E-state index is -0.375. The van der Waals surface area contributed by atoms with E-state index < -0.39 is 0 Å². The van der Waals surface area contributed by atoms with Crippen LogP contribution < -0.4 is 4.74 Å². The number of methoxy groups -OCH3 is 1. The second-order valence-corrected chi connectivity index (χ2v) is 4.46. The maximum absolute atomic E-state index is 13.4. The van der Waals surface area contributed by atoms with E-state index in [0.29, 0.717) is 3.95 Å². The highest BCUT2D eigenvalue weighted by Crippen LogP contribution is 2.25. The molecule has 0 fully saturated rings. The number of nitrogens with one attached hydrogen (secondary N) is 1. The molecular formula is C10H8FNOS2. The van der Waals surface area contributed by atoms with Crippen LogP contribution in [0.25, 0.3) is 11.3 Å². The van der Waals surface area contributed by atoms with E-state index in [1.807, 2.05) is 5.38 Å². The van der Waals surface area contributed by atoms with Crippen LogP contribution in [0.3, 0.4) is 0 Å². The van der Waals surface area contributed by atoms with Gasteiger partial charge in [0.1, 0.15) is 0 Å². The predicted molar refractivity (Wildman–Crippen MR) is 61.4 cm³/mol. The molecule has 15 heavy (non-hydrogen) atoms. The highest BCUT2D eigenvalue weighted by atomic mass is 32.1. The Morgan fingerprint density at radius 1 is 1.47 bits per heavy atom. The number of rotatable bonds is 2. The number of aromatic nitrogens is 1. The highest BCUT2D eigenvalue weighted by molar-refractivity contribution is 7.73. The average Bonchev–Trinajstić information content (AvgIpc) is 2.65. The SMILES string of the molecule is COc1ccc(-c2csc(=S)[nH]2)cc1F. The van der Waals surface area contributed by atoms with Crippen molar-refractivity contribution in [3.8, 4) is 17.0 Å². The molecule has 0 amide bonds. The van der Waals surface area contributed by atoms with Gasteiger partial charge >= 0.3 is 0 Å². The third kappa shape index (κ3) is 2.08. The van der Waals surface area contributed by atoms with E-state index >= 15 is 0 Å². The Bertz CT molecular complexity index is 532. The van der Waals surface area contributed by atoms with Crippen molar-refractivity contribution in [3.63, 3.8) is 0 Å². The number of ether oxygens (including phenoxy) is 1. The van der Waals surface area contributed by atoms with E-state index in [9.17, 15) is 4.39 Å². The maximum Gasteiger partial charge on any atom is 0.165 e. The first kappa shape index (κ1) is 10.3. The Kier molecular flexibility index (Phi) is 2.83. The van der Waals surface area contributed by atoms with Crippen molar-refractivity contribution in [3.05, 3.63) is 33.4 Å². The Morgan fingerprint density at radius 3 is 2.80 bits per heavy atom. The molecule has 1 heterocycles. The first-order valence-corrected chi connectivity index (χ1v) is 5.51. The van der Waals surface area contributed by atoms with E-state index in [0.717, 1.165) is 11.3 Å². The summed E-state index contributed by atoms with van der Waals surface area (Å²) in [5.41, 5.74) is 1.59. The number of hydrogen-bond acceptors (Lipinski definition) is 3. The van der Waals surface area contributed by atoms with Crippen molar-refractivity contribution in [2.24, 2.45) is 0 Å². The lowest BCUT2D eigenvalue weighted by Crippen LogP contribution is -1.88. The largest absolute Gasteiger partial charge is 0.494 e. The number of H-pyrrole nitrogens is 1. The van der Waals surface area contributed by atoms with Crippen molar-refractivity contribution >= 4 is 23.6 Å². The quantitative estimate of drug-likeness (QED) is 0.812. The number of halogens is 1. The number of hydrogen-bond donors (Lipinski definition) is 1. The monoisotopic (exact) mass is 241 g/mol. The molecule has 0 atom stereocenters. The fourth-order valence-electron chi connectivity index (χ4n) is 1.26. The molecule has 78 valence electrons. The molecule has 1 aromatic heterocycles. The summed E-state index contributed by atoms with van der Waals surface area (Å²) in [6.45, 7) is 0. The summed E-state index contributed by atoms with van der Waals surface area (Å²) in [7, 11) is 1.44. The molecule has 0 saturated heterocycles. The molecule has 5 heteroatoms. The van der Waals surface area contributed by atoms with E-state index in [1.54, 1.807) is 12.1 Å². The van der Waals surface area contributed by atoms with Gasteiger partial charge in [0, 0.05) is 10.9 Å². The van der Waals surface area contributed by atoms with Crippen LogP contribution in [0.1, 0.15) is 0 Å². The van der Waals surface area contributed by atoms with E-state index in [2.05, 4.69) is 4.98 Å². The Labute approximate surface area is 95.4 Å². The van der Waals surface area contributed by atoms with Gasteiger partial charge in [-0.1, -0.05) is 0 Å². The zero-order valence-corrected chi connectivity index (χ0v) is 9.55. The van der Waals surface area contributed by atoms with Crippen LogP contribution in [0.4, 0.5) is 4.39 Å². The minimum Gasteiger partial charge on any atom is -0.494 e. The van der Waals surface area contributed by atoms with Gasteiger partial charge < -0.3 is 9.72 Å². The Balaban J connectivity index is 2.46. The second-order valence-electron chi connectivity index (χ2n) is 2.91.